The van der Waals surface area contributed by atoms with Crippen LogP contribution in [0.5, 0.6) is 0 Å². The smallest absolute Gasteiger partial charge is 0.306 e. The summed E-state index contributed by atoms with van der Waals surface area (Å²) in [7, 11) is 0.939. The van der Waals surface area contributed by atoms with Crippen molar-refractivity contribution in [1.29, 1.82) is 0 Å². The molecule has 0 aliphatic carbocycles. The maximum atomic E-state index is 12.7. The number of unbranched alkanes of at least 4 members (excludes halogenated alkanes) is 13. The van der Waals surface area contributed by atoms with Gasteiger partial charge in [0.1, 0.15) is 19.8 Å². The zero-order chi connectivity index (χ0) is 44.0. The number of aliphatic hydroxyl groups excluding tert-OH is 3. The molecule has 0 bridgehead atoms. The first-order valence-electron chi connectivity index (χ1n) is 22.3. The van der Waals surface area contributed by atoms with Crippen LogP contribution >= 0.6 is 7.82 Å². The molecule has 0 aliphatic rings. The highest BCUT2D eigenvalue weighted by molar-refractivity contribution is 7.45. The minimum Gasteiger partial charge on any atom is -0.756 e. The number of phosphoric acid groups is 1. The first kappa shape index (κ1) is 56.6. The average molecular weight is 856 g/mol. The van der Waals surface area contributed by atoms with Gasteiger partial charge in [-0.05, 0) is 51.4 Å². The zero-order valence-electron chi connectivity index (χ0n) is 37.3. The van der Waals surface area contributed by atoms with Crippen LogP contribution in [0.15, 0.2) is 60.8 Å². The minimum absolute atomic E-state index is 0.0955. The van der Waals surface area contributed by atoms with Crippen LogP contribution in [-0.2, 0) is 32.7 Å². The van der Waals surface area contributed by atoms with E-state index in [1.807, 2.05) is 21.1 Å². The van der Waals surface area contributed by atoms with Crippen molar-refractivity contribution in [3.05, 3.63) is 60.8 Å². The molecule has 0 spiro atoms. The van der Waals surface area contributed by atoms with Gasteiger partial charge in [0.05, 0.1) is 46.1 Å². The van der Waals surface area contributed by atoms with Gasteiger partial charge in [0.15, 0.2) is 6.10 Å². The number of carbonyl (C=O) groups is 2. The first-order chi connectivity index (χ1) is 28.2. The van der Waals surface area contributed by atoms with Crippen LogP contribution in [0.1, 0.15) is 149 Å². The van der Waals surface area contributed by atoms with E-state index in [0.29, 0.717) is 17.4 Å². The summed E-state index contributed by atoms with van der Waals surface area (Å²) in [6.45, 7) is 3.69. The molecular weight excluding hydrogens is 773 g/mol. The van der Waals surface area contributed by atoms with Crippen molar-refractivity contribution in [2.45, 2.75) is 173 Å². The predicted molar refractivity (Wildman–Crippen MR) is 235 cm³/mol. The number of phosphoric ester groups is 1. The Hall–Kier alpha value is -2.41. The predicted octanol–water partition coefficient (Wildman–Crippen LogP) is 8.74. The third-order valence-corrected chi connectivity index (χ3v) is 10.3. The number of ether oxygens (including phenoxy) is 2. The fourth-order valence-corrected chi connectivity index (χ4v) is 6.41. The number of allylic oxidation sites excluding steroid dienone is 8. The molecule has 0 saturated carbocycles. The number of hydrogen-bond acceptors (Lipinski definition) is 11. The molecule has 3 N–H and O–H groups in total. The van der Waals surface area contributed by atoms with Crippen LogP contribution in [0.2, 0.25) is 0 Å². The van der Waals surface area contributed by atoms with Crippen molar-refractivity contribution >= 4 is 19.8 Å². The van der Waals surface area contributed by atoms with Crippen LogP contribution in [0.3, 0.4) is 0 Å². The molecule has 0 heterocycles. The van der Waals surface area contributed by atoms with Gasteiger partial charge >= 0.3 is 11.9 Å². The van der Waals surface area contributed by atoms with E-state index < -0.39 is 50.8 Å². The summed E-state index contributed by atoms with van der Waals surface area (Å²) in [4.78, 5) is 37.6. The van der Waals surface area contributed by atoms with Gasteiger partial charge in [-0.15, -0.1) is 0 Å². The highest BCUT2D eigenvalue weighted by Crippen LogP contribution is 2.38. The second kappa shape index (κ2) is 37.4. The Balaban J connectivity index is 4.71. The second-order valence-electron chi connectivity index (χ2n) is 16.3. The van der Waals surface area contributed by atoms with E-state index >= 15 is 0 Å². The summed E-state index contributed by atoms with van der Waals surface area (Å²) in [6, 6.07) is 0. The highest BCUT2D eigenvalue weighted by atomic mass is 31.2. The lowest BCUT2D eigenvalue weighted by atomic mass is 10.1. The van der Waals surface area contributed by atoms with Crippen molar-refractivity contribution in [2.24, 2.45) is 0 Å². The lowest BCUT2D eigenvalue weighted by Crippen LogP contribution is -2.37. The number of hydrogen-bond donors (Lipinski definition) is 3. The number of carbonyl (C=O) groups excluding carboxylic acids is 2. The Morgan fingerprint density at radius 1 is 0.644 bits per heavy atom. The van der Waals surface area contributed by atoms with Gasteiger partial charge in [0, 0.05) is 12.8 Å². The lowest BCUT2D eigenvalue weighted by molar-refractivity contribution is -0.870. The second-order valence-corrected chi connectivity index (χ2v) is 17.7. The Kier molecular flexibility index (Phi) is 35.8. The molecule has 13 heteroatoms. The van der Waals surface area contributed by atoms with Crippen LogP contribution in [0.4, 0.5) is 0 Å². The summed E-state index contributed by atoms with van der Waals surface area (Å²) < 4.78 is 33.6. The Labute approximate surface area is 357 Å². The number of aliphatic hydroxyl groups is 3. The maximum Gasteiger partial charge on any atom is 0.306 e. The molecule has 0 amide bonds. The summed E-state index contributed by atoms with van der Waals surface area (Å²) in [5, 5.41) is 30.6. The van der Waals surface area contributed by atoms with Crippen LogP contribution in [0, 0.1) is 0 Å². The van der Waals surface area contributed by atoms with Gasteiger partial charge in [0.2, 0.25) is 0 Å². The molecule has 5 atom stereocenters. The topological polar surface area (TPSA) is 172 Å². The summed E-state index contributed by atoms with van der Waals surface area (Å²) in [5.41, 5.74) is 0. The normalized spacial score (nSPS) is 15.7. The fraction of sp³-hybridized carbons (Fsp3) is 0.739. The standard InChI is InChI=1S/C46H82NO11P/c1-6-8-10-11-12-13-14-15-16-17-18-19-20-25-29-35-45(51)55-39-42(40-57-59(53,54)56-38-37-47(3,4)5)58-46(52)36-30-34-44(50)43(49)33-28-24-22-21-23-27-32-41(48)31-26-9-7-2/h13-14,21-24,27-28,32-33,41-44,48-50H,6-12,15-20,25-26,29-31,34-40H2,1-5H3/b14-13-,23-21-,24-22+,32-27+,33-28+/t41-,42+,43-,44-/m0/s1. The average Bonchev–Trinajstić information content (AvgIpc) is 3.17. The number of rotatable bonds is 39. The van der Waals surface area contributed by atoms with E-state index in [-0.39, 0.29) is 38.9 Å². The maximum absolute atomic E-state index is 12.7. The number of esters is 2. The van der Waals surface area contributed by atoms with Gasteiger partial charge in [-0.25, -0.2) is 0 Å². The quantitative estimate of drug-likeness (QED) is 0.0135. The van der Waals surface area contributed by atoms with Gasteiger partial charge in [-0.2, -0.15) is 0 Å². The molecule has 0 saturated heterocycles. The monoisotopic (exact) mass is 856 g/mol. The molecule has 12 nitrogen and oxygen atoms in total. The molecule has 342 valence electrons. The van der Waals surface area contributed by atoms with Crippen LogP contribution in [-0.4, -0.2) is 104 Å². The van der Waals surface area contributed by atoms with E-state index in [4.69, 9.17) is 18.5 Å². The molecule has 0 rings (SSSR count). The Morgan fingerprint density at radius 3 is 1.81 bits per heavy atom. The molecule has 0 radical (unpaired) electrons. The molecular formula is C46H82NO11P. The van der Waals surface area contributed by atoms with E-state index in [0.717, 1.165) is 51.4 Å². The molecule has 0 aromatic carbocycles. The highest BCUT2D eigenvalue weighted by Gasteiger charge is 2.22. The van der Waals surface area contributed by atoms with Crippen LogP contribution < -0.4 is 4.89 Å². The first-order valence-corrected chi connectivity index (χ1v) is 23.8. The Morgan fingerprint density at radius 2 is 1.19 bits per heavy atom. The molecule has 1 unspecified atom stereocenters. The summed E-state index contributed by atoms with van der Waals surface area (Å²) in [5.74, 6) is -1.17. The lowest BCUT2D eigenvalue weighted by Gasteiger charge is -2.28. The third-order valence-electron chi connectivity index (χ3n) is 9.38. The van der Waals surface area contributed by atoms with Crippen molar-refractivity contribution in [1.82, 2.24) is 0 Å². The van der Waals surface area contributed by atoms with E-state index in [2.05, 4.69) is 26.0 Å². The van der Waals surface area contributed by atoms with Crippen molar-refractivity contribution in [2.75, 3.05) is 47.5 Å². The number of quaternary nitrogens is 1. The SMILES string of the molecule is CCCCCC/C=C\CCCCCCCCCC(=O)OC[C@H](COP(=O)([O-])OCC[N+](C)(C)C)OC(=O)CCC[C@H](O)[C@@H](O)/C=C/C=C/C=C\C=C\[C@@H](O)CCCCC. The van der Waals surface area contributed by atoms with Crippen LogP contribution in [0.25, 0.3) is 0 Å². The van der Waals surface area contributed by atoms with E-state index in [9.17, 15) is 34.4 Å². The molecule has 0 aromatic heterocycles. The van der Waals surface area contributed by atoms with Crippen molar-refractivity contribution in [3.8, 4) is 0 Å². The van der Waals surface area contributed by atoms with Gasteiger partial charge in [-0.1, -0.05) is 145 Å². The number of likely N-dealkylation sites (N-methyl/N-ethyl adjacent to an activating group) is 1. The Bertz CT molecular complexity index is 1240. The third kappa shape index (κ3) is 39.5. The van der Waals surface area contributed by atoms with E-state index in [1.165, 1.54) is 57.4 Å². The van der Waals surface area contributed by atoms with Crippen molar-refractivity contribution < 1.29 is 57.4 Å². The zero-order valence-corrected chi connectivity index (χ0v) is 38.2. The summed E-state index contributed by atoms with van der Waals surface area (Å²) in [6.07, 6.45) is 33.3. The largest absolute Gasteiger partial charge is 0.756 e. The molecule has 0 fully saturated rings. The molecule has 59 heavy (non-hydrogen) atoms. The van der Waals surface area contributed by atoms with Gasteiger partial charge in [-0.3, -0.25) is 14.2 Å². The summed E-state index contributed by atoms with van der Waals surface area (Å²) >= 11 is 0. The van der Waals surface area contributed by atoms with Gasteiger partial charge < -0.3 is 43.2 Å². The molecule has 0 aliphatic heterocycles. The van der Waals surface area contributed by atoms with Gasteiger partial charge in [0.25, 0.3) is 7.82 Å². The minimum atomic E-state index is -4.73. The van der Waals surface area contributed by atoms with Crippen molar-refractivity contribution in [3.63, 3.8) is 0 Å². The number of nitrogens with zero attached hydrogens (tertiary/aromatic N) is 1. The van der Waals surface area contributed by atoms with E-state index in [1.54, 1.807) is 42.5 Å². The molecule has 0 aromatic rings. The fourth-order valence-electron chi connectivity index (χ4n) is 5.68.